The Kier molecular flexibility index (Phi) is 6.78. The number of allylic oxidation sites excluding steroid dienone is 5. The van der Waals surface area contributed by atoms with Gasteiger partial charge in [-0.2, -0.15) is 0 Å². The molecule has 1 aliphatic rings. The summed E-state index contributed by atoms with van der Waals surface area (Å²) in [4.78, 5) is 13.0. The van der Waals surface area contributed by atoms with Crippen LogP contribution < -0.4 is 4.90 Å². The van der Waals surface area contributed by atoms with E-state index in [2.05, 4.69) is 30.9 Å². The molecule has 4 heteroatoms. The molecule has 0 fully saturated rings. The zero-order chi connectivity index (χ0) is 19.3. The van der Waals surface area contributed by atoms with E-state index in [4.69, 9.17) is 5.11 Å². The van der Waals surface area contributed by atoms with Crippen molar-refractivity contribution in [2.45, 2.75) is 53.0 Å². The Morgan fingerprint density at radius 2 is 1.96 bits per heavy atom. The normalized spacial score (nSPS) is 16.5. The summed E-state index contributed by atoms with van der Waals surface area (Å²) in [5.74, 6) is -1.38. The Bertz CT molecular complexity index is 759. The first-order valence-electron chi connectivity index (χ1n) is 9.15. The second kappa shape index (κ2) is 8.84. The number of halogens is 1. The molecule has 1 heterocycles. The van der Waals surface area contributed by atoms with E-state index in [9.17, 15) is 9.18 Å². The lowest BCUT2D eigenvalue weighted by atomic mass is 9.99. The monoisotopic (exact) mass is 357 g/mol. The minimum atomic E-state index is -1.03. The van der Waals surface area contributed by atoms with Crippen LogP contribution in [0.3, 0.4) is 0 Å². The molecule has 0 atom stereocenters. The third-order valence-corrected chi connectivity index (χ3v) is 4.74. The van der Waals surface area contributed by atoms with Crippen LogP contribution in [0.4, 0.5) is 10.1 Å². The number of nitrogens with zero attached hydrogens (tertiary/aromatic N) is 1. The summed E-state index contributed by atoms with van der Waals surface area (Å²) in [6.07, 6.45) is 7.19. The number of benzene rings is 1. The second-order valence-electron chi connectivity index (χ2n) is 7.12. The summed E-state index contributed by atoms with van der Waals surface area (Å²) >= 11 is 0. The van der Waals surface area contributed by atoms with E-state index in [-0.39, 0.29) is 5.83 Å². The average Bonchev–Trinajstić information content (AvgIpc) is 2.80. The second-order valence-corrected chi connectivity index (χ2v) is 7.12. The predicted octanol–water partition coefficient (Wildman–Crippen LogP) is 5.53. The van der Waals surface area contributed by atoms with Crippen molar-refractivity contribution in [3.8, 4) is 0 Å². The van der Waals surface area contributed by atoms with E-state index in [0.717, 1.165) is 31.0 Å². The minimum absolute atomic E-state index is 0.350. The zero-order valence-corrected chi connectivity index (χ0v) is 16.1. The van der Waals surface area contributed by atoms with Gasteiger partial charge in [-0.1, -0.05) is 12.1 Å². The lowest BCUT2D eigenvalue weighted by Crippen LogP contribution is -2.31. The first kappa shape index (κ1) is 20.0. The van der Waals surface area contributed by atoms with Crippen molar-refractivity contribution < 1.29 is 14.3 Å². The zero-order valence-electron chi connectivity index (χ0n) is 16.1. The Hall–Kier alpha value is -2.36. The number of anilines is 1. The SMILES string of the molecule is CC(/C=C/C(F)=C(/C)c1ccc2c(c1)CCCCN2C(C)C)=C\C(=O)O. The molecule has 0 aliphatic carbocycles. The van der Waals surface area contributed by atoms with Crippen molar-refractivity contribution in [1.82, 2.24) is 0 Å². The largest absolute Gasteiger partial charge is 0.478 e. The van der Waals surface area contributed by atoms with Gasteiger partial charge in [0.05, 0.1) is 0 Å². The average molecular weight is 357 g/mol. The van der Waals surface area contributed by atoms with E-state index in [1.807, 2.05) is 6.07 Å². The predicted molar refractivity (Wildman–Crippen MR) is 106 cm³/mol. The van der Waals surface area contributed by atoms with Crippen LogP contribution in [0.2, 0.25) is 0 Å². The maximum absolute atomic E-state index is 14.5. The minimum Gasteiger partial charge on any atom is -0.478 e. The van der Waals surface area contributed by atoms with Crippen LogP contribution in [0.5, 0.6) is 0 Å². The molecule has 1 N–H and O–H groups in total. The molecule has 0 amide bonds. The highest BCUT2D eigenvalue weighted by atomic mass is 19.1. The molecule has 0 saturated heterocycles. The summed E-state index contributed by atoms with van der Waals surface area (Å²) in [7, 11) is 0. The third kappa shape index (κ3) is 5.07. The number of carbonyl (C=O) groups is 1. The first-order chi connectivity index (χ1) is 12.3. The third-order valence-electron chi connectivity index (χ3n) is 4.74. The van der Waals surface area contributed by atoms with Gasteiger partial charge in [0.25, 0.3) is 0 Å². The lowest BCUT2D eigenvalue weighted by Gasteiger charge is -2.29. The number of hydrogen-bond acceptors (Lipinski definition) is 2. The van der Waals surface area contributed by atoms with Gasteiger partial charge in [0.15, 0.2) is 0 Å². The van der Waals surface area contributed by atoms with Crippen LogP contribution >= 0.6 is 0 Å². The number of carboxylic acids is 1. The lowest BCUT2D eigenvalue weighted by molar-refractivity contribution is -0.131. The van der Waals surface area contributed by atoms with Gasteiger partial charge >= 0.3 is 5.97 Å². The van der Waals surface area contributed by atoms with E-state index in [1.54, 1.807) is 13.8 Å². The summed E-state index contributed by atoms with van der Waals surface area (Å²) in [5.41, 5.74) is 4.45. The molecular weight excluding hydrogens is 329 g/mol. The summed E-state index contributed by atoms with van der Waals surface area (Å²) in [6.45, 7) is 8.85. The van der Waals surface area contributed by atoms with E-state index in [1.165, 1.54) is 29.8 Å². The van der Waals surface area contributed by atoms with E-state index >= 15 is 0 Å². The van der Waals surface area contributed by atoms with Crippen molar-refractivity contribution >= 4 is 17.2 Å². The van der Waals surface area contributed by atoms with Crippen LogP contribution in [0.15, 0.2) is 47.8 Å². The van der Waals surface area contributed by atoms with Gasteiger partial charge in [0, 0.05) is 24.4 Å². The maximum Gasteiger partial charge on any atom is 0.328 e. The van der Waals surface area contributed by atoms with E-state index < -0.39 is 5.97 Å². The van der Waals surface area contributed by atoms with Crippen molar-refractivity contribution in [2.24, 2.45) is 0 Å². The van der Waals surface area contributed by atoms with Crippen LogP contribution in [0, 0.1) is 0 Å². The van der Waals surface area contributed by atoms with Gasteiger partial charge in [-0.05, 0) is 87.4 Å². The first-order valence-corrected chi connectivity index (χ1v) is 9.15. The number of aryl methyl sites for hydroxylation is 1. The van der Waals surface area contributed by atoms with Crippen LogP contribution in [-0.4, -0.2) is 23.7 Å². The molecule has 1 aliphatic heterocycles. The molecule has 0 saturated carbocycles. The van der Waals surface area contributed by atoms with Crippen LogP contribution in [0.25, 0.3) is 5.57 Å². The number of aliphatic carboxylic acids is 1. The Morgan fingerprint density at radius 1 is 1.23 bits per heavy atom. The van der Waals surface area contributed by atoms with Crippen molar-refractivity contribution in [3.63, 3.8) is 0 Å². The standard InChI is InChI=1S/C22H28FNO2/c1-15(2)24-12-6-5-7-19-14-18(9-11-21(19)24)17(4)20(23)10-8-16(3)13-22(25)26/h8-11,13-15H,5-7,12H2,1-4H3,(H,25,26)/b10-8+,16-13+,20-17+. The molecule has 1 aromatic rings. The highest BCUT2D eigenvalue weighted by Crippen LogP contribution is 2.31. The van der Waals surface area contributed by atoms with Crippen molar-refractivity contribution in [3.05, 3.63) is 59.0 Å². The van der Waals surface area contributed by atoms with Gasteiger partial charge in [-0.3, -0.25) is 0 Å². The summed E-state index contributed by atoms with van der Waals surface area (Å²) < 4.78 is 14.5. The molecule has 0 bridgehead atoms. The van der Waals surface area contributed by atoms with Gasteiger partial charge in [0.2, 0.25) is 0 Å². The fourth-order valence-corrected chi connectivity index (χ4v) is 3.26. The van der Waals surface area contributed by atoms with Crippen LogP contribution in [-0.2, 0) is 11.2 Å². The fourth-order valence-electron chi connectivity index (χ4n) is 3.26. The topological polar surface area (TPSA) is 40.5 Å². The highest BCUT2D eigenvalue weighted by Gasteiger charge is 2.18. The quantitative estimate of drug-likeness (QED) is 0.557. The Morgan fingerprint density at radius 3 is 2.62 bits per heavy atom. The molecule has 0 spiro atoms. The van der Waals surface area contributed by atoms with E-state index in [0.29, 0.717) is 17.2 Å². The summed E-state index contributed by atoms with van der Waals surface area (Å²) in [5, 5.41) is 8.71. The molecular formula is C22H28FNO2. The summed E-state index contributed by atoms with van der Waals surface area (Å²) in [6, 6.07) is 6.62. The number of carboxylic acid groups (broad SMARTS) is 1. The maximum atomic E-state index is 14.5. The number of hydrogen-bond donors (Lipinski definition) is 1. The van der Waals surface area contributed by atoms with Crippen molar-refractivity contribution in [2.75, 3.05) is 11.4 Å². The molecule has 0 radical (unpaired) electrons. The molecule has 2 rings (SSSR count). The molecule has 140 valence electrons. The highest BCUT2D eigenvalue weighted by molar-refractivity contribution is 5.81. The van der Waals surface area contributed by atoms with Gasteiger partial charge in [0.1, 0.15) is 5.83 Å². The molecule has 26 heavy (non-hydrogen) atoms. The number of fused-ring (bicyclic) bond motifs is 1. The molecule has 0 unspecified atom stereocenters. The molecule has 0 aromatic heterocycles. The Labute approximate surface area is 155 Å². The Balaban J connectivity index is 2.32. The smallest absolute Gasteiger partial charge is 0.328 e. The van der Waals surface area contributed by atoms with Crippen LogP contribution in [0.1, 0.15) is 51.7 Å². The fraction of sp³-hybridized carbons (Fsp3) is 0.409. The van der Waals surface area contributed by atoms with Gasteiger partial charge in [-0.25, -0.2) is 9.18 Å². The van der Waals surface area contributed by atoms with Gasteiger partial charge < -0.3 is 10.0 Å². The molecule has 1 aromatic carbocycles. The molecule has 3 nitrogen and oxygen atoms in total. The number of rotatable bonds is 5. The van der Waals surface area contributed by atoms with Gasteiger partial charge in [-0.15, -0.1) is 0 Å². The van der Waals surface area contributed by atoms with Crippen molar-refractivity contribution in [1.29, 1.82) is 0 Å².